The Morgan fingerprint density at radius 1 is 1.13 bits per heavy atom. The molecule has 4 amide bonds. The number of para-hydroxylation sites is 1. The normalized spacial score (nSPS) is 23.6. The van der Waals surface area contributed by atoms with E-state index >= 15 is 0 Å². The van der Waals surface area contributed by atoms with Crippen LogP contribution in [0.4, 0.5) is 0 Å². The van der Waals surface area contributed by atoms with E-state index in [4.69, 9.17) is 5.73 Å². The fourth-order valence-corrected chi connectivity index (χ4v) is 6.08. The third kappa shape index (κ3) is 5.15. The molecule has 1 aliphatic heterocycles. The van der Waals surface area contributed by atoms with Crippen LogP contribution in [0.15, 0.2) is 30.3 Å². The van der Waals surface area contributed by atoms with Crippen molar-refractivity contribution in [2.45, 2.75) is 73.0 Å². The fourth-order valence-electron chi connectivity index (χ4n) is 6.08. The molecule has 1 saturated heterocycles. The quantitative estimate of drug-likeness (QED) is 0.423. The van der Waals surface area contributed by atoms with E-state index in [1.54, 1.807) is 11.0 Å². The zero-order chi connectivity index (χ0) is 28.2. The molecule has 1 aromatic heterocycles. The first kappa shape index (κ1) is 27.7. The van der Waals surface area contributed by atoms with Crippen LogP contribution in [0, 0.1) is 28.6 Å². The van der Waals surface area contributed by atoms with Gasteiger partial charge >= 0.3 is 0 Å². The van der Waals surface area contributed by atoms with Crippen LogP contribution in [0.3, 0.4) is 0 Å². The van der Waals surface area contributed by atoms with Crippen molar-refractivity contribution in [3.8, 4) is 0 Å². The van der Waals surface area contributed by atoms with Crippen LogP contribution >= 0.6 is 0 Å². The number of benzene rings is 1. The van der Waals surface area contributed by atoms with Crippen LogP contribution in [0.5, 0.6) is 0 Å². The number of nitrogens with zero attached hydrogens (tertiary/aromatic N) is 1. The number of amides is 4. The number of nitrogens with two attached hydrogens (primary N) is 1. The summed E-state index contributed by atoms with van der Waals surface area (Å²) in [5, 5.41) is 6.68. The second-order valence-corrected chi connectivity index (χ2v) is 13.0. The molecule has 38 heavy (non-hydrogen) atoms. The van der Waals surface area contributed by atoms with Gasteiger partial charge in [0.2, 0.25) is 17.7 Å². The minimum Gasteiger partial charge on any atom is -0.368 e. The average Bonchev–Trinajstić information content (AvgIpc) is 3.20. The molecule has 1 aromatic carbocycles. The molecule has 0 radical (unpaired) electrons. The molecule has 1 saturated carbocycles. The third-order valence-electron chi connectivity index (χ3n) is 8.28. The molecule has 9 heteroatoms. The Morgan fingerprint density at radius 2 is 1.79 bits per heavy atom. The second-order valence-electron chi connectivity index (χ2n) is 13.0. The van der Waals surface area contributed by atoms with Crippen molar-refractivity contribution in [2.75, 3.05) is 6.54 Å². The number of aromatic nitrogens is 1. The first-order chi connectivity index (χ1) is 17.6. The van der Waals surface area contributed by atoms with Gasteiger partial charge in [0, 0.05) is 17.4 Å². The standard InChI is InChI=1S/C29H41N5O4/c1-15(2)12-20(32-25(36)19-13-16-10-8-9-11-18(16)31-19)27(38)34-14-17-21(29(17,6)7)22(34)26(37)33-23(24(30)35)28(3,4)5/h8-11,13,15,17,20-23,31H,12,14H2,1-7H3,(H2,30,35)(H,32,36)(H,33,37)/t17-,20-,21-,22-,23+/m0/s1. The number of nitrogens with one attached hydrogen (secondary N) is 3. The molecule has 2 aromatic rings. The van der Waals surface area contributed by atoms with Crippen molar-refractivity contribution >= 4 is 34.5 Å². The highest BCUT2D eigenvalue weighted by molar-refractivity contribution is 6.01. The molecule has 1 aliphatic carbocycles. The summed E-state index contributed by atoms with van der Waals surface area (Å²) in [6, 6.07) is 6.96. The van der Waals surface area contributed by atoms with Gasteiger partial charge in [0.25, 0.3) is 5.91 Å². The van der Waals surface area contributed by atoms with Crippen LogP contribution in [-0.4, -0.2) is 58.2 Å². The number of carbonyl (C=O) groups excluding carboxylic acids is 4. The lowest BCUT2D eigenvalue weighted by molar-refractivity contribution is -0.143. The van der Waals surface area contributed by atoms with Gasteiger partial charge in [-0.15, -0.1) is 0 Å². The Balaban J connectivity index is 1.57. The monoisotopic (exact) mass is 523 g/mol. The summed E-state index contributed by atoms with van der Waals surface area (Å²) < 4.78 is 0. The van der Waals surface area contributed by atoms with Gasteiger partial charge in [-0.05, 0) is 47.1 Å². The number of primary amides is 1. The van der Waals surface area contributed by atoms with Crippen molar-refractivity contribution < 1.29 is 19.2 Å². The Labute approximate surface area is 224 Å². The summed E-state index contributed by atoms with van der Waals surface area (Å²) in [4.78, 5) is 57.7. The SMILES string of the molecule is CC(C)C[C@H](NC(=O)c1cc2ccccc2[nH]1)C(=O)N1C[C@H]2[C@@H]([C@H]1C(=O)N[C@H](C(N)=O)C(C)(C)C)C2(C)C. The summed E-state index contributed by atoms with van der Waals surface area (Å²) in [5.74, 6) is -1.35. The molecule has 5 N–H and O–H groups in total. The highest BCUT2D eigenvalue weighted by Gasteiger charge is 2.69. The van der Waals surface area contributed by atoms with Crippen LogP contribution in [0.1, 0.15) is 65.4 Å². The topological polar surface area (TPSA) is 137 Å². The largest absolute Gasteiger partial charge is 0.368 e. The van der Waals surface area contributed by atoms with Gasteiger partial charge in [-0.1, -0.05) is 66.7 Å². The molecule has 2 fully saturated rings. The minimum atomic E-state index is -0.874. The molecule has 206 valence electrons. The lowest BCUT2D eigenvalue weighted by atomic mass is 9.86. The number of rotatable bonds is 8. The van der Waals surface area contributed by atoms with Crippen molar-refractivity contribution in [3.05, 3.63) is 36.0 Å². The van der Waals surface area contributed by atoms with Gasteiger partial charge in [-0.3, -0.25) is 19.2 Å². The van der Waals surface area contributed by atoms with Crippen LogP contribution < -0.4 is 16.4 Å². The maximum absolute atomic E-state index is 14.0. The maximum atomic E-state index is 14.0. The number of hydrogen-bond acceptors (Lipinski definition) is 4. The maximum Gasteiger partial charge on any atom is 0.268 e. The number of H-pyrrole nitrogens is 1. The zero-order valence-corrected chi connectivity index (χ0v) is 23.4. The van der Waals surface area contributed by atoms with Crippen molar-refractivity contribution in [1.29, 1.82) is 0 Å². The molecule has 0 unspecified atom stereocenters. The van der Waals surface area contributed by atoms with Crippen LogP contribution in [-0.2, 0) is 14.4 Å². The highest BCUT2D eigenvalue weighted by atomic mass is 16.2. The lowest BCUT2D eigenvalue weighted by Crippen LogP contribution is -2.60. The van der Waals surface area contributed by atoms with E-state index in [2.05, 4.69) is 29.5 Å². The summed E-state index contributed by atoms with van der Waals surface area (Å²) in [7, 11) is 0. The van der Waals surface area contributed by atoms with E-state index in [1.165, 1.54) is 0 Å². The number of fused-ring (bicyclic) bond motifs is 2. The number of carbonyl (C=O) groups is 4. The fraction of sp³-hybridized carbons (Fsp3) is 0.586. The molecular formula is C29H41N5O4. The molecule has 0 spiro atoms. The van der Waals surface area contributed by atoms with Gasteiger partial charge < -0.3 is 26.3 Å². The van der Waals surface area contributed by atoms with Crippen LogP contribution in [0.25, 0.3) is 10.9 Å². The van der Waals surface area contributed by atoms with Crippen molar-refractivity contribution in [2.24, 2.45) is 34.3 Å². The van der Waals surface area contributed by atoms with E-state index in [9.17, 15) is 19.2 Å². The lowest BCUT2D eigenvalue weighted by Gasteiger charge is -2.35. The highest BCUT2D eigenvalue weighted by Crippen LogP contribution is 2.65. The van der Waals surface area contributed by atoms with Crippen molar-refractivity contribution in [3.63, 3.8) is 0 Å². The molecule has 5 atom stereocenters. The predicted molar refractivity (Wildman–Crippen MR) is 146 cm³/mol. The van der Waals surface area contributed by atoms with Crippen LogP contribution in [0.2, 0.25) is 0 Å². The van der Waals surface area contributed by atoms with Crippen molar-refractivity contribution in [1.82, 2.24) is 20.5 Å². The smallest absolute Gasteiger partial charge is 0.268 e. The third-order valence-corrected chi connectivity index (χ3v) is 8.28. The van der Waals surface area contributed by atoms with Gasteiger partial charge in [0.05, 0.1) is 0 Å². The Bertz CT molecular complexity index is 1220. The zero-order valence-electron chi connectivity index (χ0n) is 23.4. The summed E-state index contributed by atoms with van der Waals surface area (Å²) >= 11 is 0. The van der Waals surface area contributed by atoms with Gasteiger partial charge in [-0.2, -0.15) is 0 Å². The van der Waals surface area contributed by atoms with Gasteiger partial charge in [0.1, 0.15) is 23.8 Å². The van der Waals surface area contributed by atoms with E-state index in [0.717, 1.165) is 10.9 Å². The molecule has 0 bridgehead atoms. The number of piperidine rings is 1. The molecule has 9 nitrogen and oxygen atoms in total. The Hall–Kier alpha value is -3.36. The molecule has 2 aliphatic rings. The number of aromatic amines is 1. The van der Waals surface area contributed by atoms with Gasteiger partial charge in [0.15, 0.2) is 0 Å². The number of likely N-dealkylation sites (tertiary alicyclic amines) is 1. The van der Waals surface area contributed by atoms with E-state index in [0.29, 0.717) is 18.7 Å². The van der Waals surface area contributed by atoms with E-state index in [-0.39, 0.29) is 40.9 Å². The van der Waals surface area contributed by atoms with E-state index in [1.807, 2.05) is 58.9 Å². The predicted octanol–water partition coefficient (Wildman–Crippen LogP) is 2.81. The Kier molecular flexibility index (Phi) is 7.10. The van der Waals surface area contributed by atoms with Gasteiger partial charge in [-0.25, -0.2) is 0 Å². The summed E-state index contributed by atoms with van der Waals surface area (Å²) in [6.07, 6.45) is 0.431. The second kappa shape index (κ2) is 9.75. The molecular weight excluding hydrogens is 482 g/mol. The Morgan fingerprint density at radius 3 is 2.37 bits per heavy atom. The number of hydrogen-bond donors (Lipinski definition) is 4. The summed E-state index contributed by atoms with van der Waals surface area (Å²) in [5.41, 5.74) is 6.16. The first-order valence-electron chi connectivity index (χ1n) is 13.4. The molecule has 2 heterocycles. The molecule has 4 rings (SSSR count). The average molecular weight is 524 g/mol. The summed E-state index contributed by atoms with van der Waals surface area (Å²) in [6.45, 7) is 14.1. The first-order valence-corrected chi connectivity index (χ1v) is 13.4. The van der Waals surface area contributed by atoms with E-state index < -0.39 is 29.4 Å². The minimum absolute atomic E-state index is 0.0240.